The van der Waals surface area contributed by atoms with Crippen molar-refractivity contribution in [1.82, 2.24) is 0 Å². The Labute approximate surface area is 73.0 Å². The molecule has 0 fully saturated rings. The van der Waals surface area contributed by atoms with Gasteiger partial charge in [-0.05, 0) is 31.4 Å². The lowest BCUT2D eigenvalue weighted by Crippen LogP contribution is -2.36. The van der Waals surface area contributed by atoms with Crippen LogP contribution in [-0.4, -0.2) is 10.7 Å². The lowest BCUT2D eigenvalue weighted by Gasteiger charge is -2.38. The number of hydrogen-bond donors (Lipinski definition) is 1. The van der Waals surface area contributed by atoms with E-state index in [2.05, 4.69) is 18.2 Å². The zero-order chi connectivity index (χ0) is 8.77. The van der Waals surface area contributed by atoms with Crippen LogP contribution in [0.25, 0.3) is 0 Å². The fraction of sp³-hybridized carbons (Fsp3) is 0.455. The standard InChI is InChI=1S/C11H14O/c1-11(2,12)10-7-8-5-3-4-6-9(8)10/h3-6,10,12H,7H2,1-2H3. The van der Waals surface area contributed by atoms with Gasteiger partial charge in [0.2, 0.25) is 0 Å². The van der Waals surface area contributed by atoms with Gasteiger partial charge in [0.1, 0.15) is 0 Å². The van der Waals surface area contributed by atoms with Crippen LogP contribution in [0.15, 0.2) is 24.3 Å². The van der Waals surface area contributed by atoms with Gasteiger partial charge in [0.05, 0.1) is 5.60 Å². The van der Waals surface area contributed by atoms with Gasteiger partial charge in [-0.3, -0.25) is 0 Å². The summed E-state index contributed by atoms with van der Waals surface area (Å²) in [5.74, 6) is 0.341. The highest BCUT2D eigenvalue weighted by Gasteiger charge is 2.36. The van der Waals surface area contributed by atoms with Gasteiger partial charge in [0.15, 0.2) is 0 Å². The first-order chi connectivity index (χ1) is 5.59. The van der Waals surface area contributed by atoms with Gasteiger partial charge < -0.3 is 5.11 Å². The average Bonchev–Trinajstić information content (AvgIpc) is 1.88. The highest BCUT2D eigenvalue weighted by atomic mass is 16.3. The number of benzene rings is 1. The van der Waals surface area contributed by atoms with E-state index in [1.165, 1.54) is 11.1 Å². The second-order valence-corrected chi connectivity index (χ2v) is 4.11. The quantitative estimate of drug-likeness (QED) is 0.670. The van der Waals surface area contributed by atoms with Crippen molar-refractivity contribution < 1.29 is 5.11 Å². The van der Waals surface area contributed by atoms with Crippen molar-refractivity contribution in [3.05, 3.63) is 35.4 Å². The summed E-state index contributed by atoms with van der Waals surface area (Å²) in [7, 11) is 0. The molecule has 1 aliphatic carbocycles. The van der Waals surface area contributed by atoms with Crippen molar-refractivity contribution in [3.8, 4) is 0 Å². The van der Waals surface area contributed by atoms with Crippen LogP contribution in [0, 0.1) is 0 Å². The van der Waals surface area contributed by atoms with Crippen LogP contribution in [0.5, 0.6) is 0 Å². The highest BCUT2D eigenvalue weighted by Crippen LogP contribution is 2.41. The molecule has 0 radical (unpaired) electrons. The van der Waals surface area contributed by atoms with E-state index in [1.54, 1.807) is 0 Å². The van der Waals surface area contributed by atoms with Gasteiger partial charge in [-0.15, -0.1) is 0 Å². The van der Waals surface area contributed by atoms with Crippen molar-refractivity contribution >= 4 is 0 Å². The predicted molar refractivity (Wildman–Crippen MR) is 49.2 cm³/mol. The Morgan fingerprint density at radius 1 is 1.33 bits per heavy atom. The second kappa shape index (κ2) is 2.33. The Hall–Kier alpha value is -0.820. The molecule has 64 valence electrons. The minimum atomic E-state index is -0.561. The van der Waals surface area contributed by atoms with E-state index in [0.717, 1.165) is 6.42 Å². The maximum absolute atomic E-state index is 9.78. The molecule has 1 aromatic carbocycles. The monoisotopic (exact) mass is 162 g/mol. The molecule has 0 aliphatic heterocycles. The van der Waals surface area contributed by atoms with Crippen LogP contribution in [0.2, 0.25) is 0 Å². The summed E-state index contributed by atoms with van der Waals surface area (Å²) >= 11 is 0. The molecule has 1 nitrogen and oxygen atoms in total. The molecule has 0 saturated heterocycles. The van der Waals surface area contributed by atoms with Crippen molar-refractivity contribution in [2.24, 2.45) is 0 Å². The molecule has 0 bridgehead atoms. The van der Waals surface area contributed by atoms with Gasteiger partial charge in [0.25, 0.3) is 0 Å². The summed E-state index contributed by atoms with van der Waals surface area (Å²) in [5, 5.41) is 9.78. The third kappa shape index (κ3) is 1.05. The van der Waals surface area contributed by atoms with Crippen molar-refractivity contribution in [1.29, 1.82) is 0 Å². The van der Waals surface area contributed by atoms with Gasteiger partial charge >= 0.3 is 0 Å². The van der Waals surface area contributed by atoms with Crippen LogP contribution in [0.3, 0.4) is 0 Å². The van der Waals surface area contributed by atoms with Crippen molar-refractivity contribution in [2.75, 3.05) is 0 Å². The Balaban J connectivity index is 2.31. The molecular weight excluding hydrogens is 148 g/mol. The molecule has 0 aromatic heterocycles. The summed E-state index contributed by atoms with van der Waals surface area (Å²) < 4.78 is 0. The lowest BCUT2D eigenvalue weighted by molar-refractivity contribution is 0.0416. The third-order valence-electron chi connectivity index (χ3n) is 2.71. The maximum atomic E-state index is 9.78. The van der Waals surface area contributed by atoms with Crippen LogP contribution < -0.4 is 0 Å². The molecule has 0 saturated carbocycles. The smallest absolute Gasteiger partial charge is 0.0663 e. The Bertz CT molecular complexity index is 296. The molecule has 1 atom stereocenters. The van der Waals surface area contributed by atoms with Crippen LogP contribution in [0.1, 0.15) is 30.9 Å². The molecule has 0 amide bonds. The van der Waals surface area contributed by atoms with E-state index in [4.69, 9.17) is 0 Å². The van der Waals surface area contributed by atoms with Crippen LogP contribution in [0.4, 0.5) is 0 Å². The Morgan fingerprint density at radius 2 is 2.00 bits per heavy atom. The normalized spacial score (nSPS) is 21.4. The van der Waals surface area contributed by atoms with Crippen molar-refractivity contribution in [3.63, 3.8) is 0 Å². The molecule has 1 heteroatoms. The Morgan fingerprint density at radius 3 is 2.58 bits per heavy atom. The maximum Gasteiger partial charge on any atom is 0.0663 e. The summed E-state index contributed by atoms with van der Waals surface area (Å²) in [6, 6.07) is 8.34. The molecule has 0 spiro atoms. The minimum absolute atomic E-state index is 0.341. The fourth-order valence-electron chi connectivity index (χ4n) is 1.89. The molecule has 1 aliphatic rings. The van der Waals surface area contributed by atoms with E-state index in [-0.39, 0.29) is 0 Å². The van der Waals surface area contributed by atoms with Crippen LogP contribution >= 0.6 is 0 Å². The van der Waals surface area contributed by atoms with E-state index >= 15 is 0 Å². The molecule has 12 heavy (non-hydrogen) atoms. The summed E-state index contributed by atoms with van der Waals surface area (Å²) in [6.45, 7) is 3.77. The van der Waals surface area contributed by atoms with Gasteiger partial charge in [-0.1, -0.05) is 24.3 Å². The van der Waals surface area contributed by atoms with E-state index in [0.29, 0.717) is 5.92 Å². The molecule has 2 rings (SSSR count). The average molecular weight is 162 g/mol. The predicted octanol–water partition coefficient (Wildman–Crippen LogP) is 2.10. The number of rotatable bonds is 1. The Kier molecular flexibility index (Phi) is 1.52. The fourth-order valence-corrected chi connectivity index (χ4v) is 1.89. The zero-order valence-corrected chi connectivity index (χ0v) is 7.54. The molecule has 0 heterocycles. The molecule has 1 unspecified atom stereocenters. The van der Waals surface area contributed by atoms with E-state index < -0.39 is 5.60 Å². The first-order valence-corrected chi connectivity index (χ1v) is 4.39. The van der Waals surface area contributed by atoms with Gasteiger partial charge in [-0.25, -0.2) is 0 Å². The van der Waals surface area contributed by atoms with E-state index in [9.17, 15) is 5.11 Å². The first kappa shape index (κ1) is 7.81. The molecule has 1 N–H and O–H groups in total. The zero-order valence-electron chi connectivity index (χ0n) is 7.54. The van der Waals surface area contributed by atoms with Gasteiger partial charge in [-0.2, -0.15) is 0 Å². The van der Waals surface area contributed by atoms with Crippen LogP contribution in [-0.2, 0) is 6.42 Å². The first-order valence-electron chi connectivity index (χ1n) is 4.39. The number of aliphatic hydroxyl groups is 1. The largest absolute Gasteiger partial charge is 0.390 e. The SMILES string of the molecule is CC(C)(O)C1Cc2ccccc21. The number of hydrogen-bond acceptors (Lipinski definition) is 1. The van der Waals surface area contributed by atoms with Gasteiger partial charge in [0, 0.05) is 5.92 Å². The highest BCUT2D eigenvalue weighted by molar-refractivity contribution is 5.41. The third-order valence-corrected chi connectivity index (χ3v) is 2.71. The van der Waals surface area contributed by atoms with Crippen molar-refractivity contribution in [2.45, 2.75) is 31.8 Å². The second-order valence-electron chi connectivity index (χ2n) is 4.11. The number of fused-ring (bicyclic) bond motifs is 1. The summed E-state index contributed by atoms with van der Waals surface area (Å²) in [6.07, 6.45) is 1.03. The topological polar surface area (TPSA) is 20.2 Å². The lowest BCUT2D eigenvalue weighted by atomic mass is 9.70. The minimum Gasteiger partial charge on any atom is -0.390 e. The molecule has 1 aromatic rings. The molecular formula is C11H14O. The summed E-state index contributed by atoms with van der Waals surface area (Å²) in [5.41, 5.74) is 2.16. The van der Waals surface area contributed by atoms with E-state index in [1.807, 2.05) is 19.9 Å². The summed E-state index contributed by atoms with van der Waals surface area (Å²) in [4.78, 5) is 0.